The maximum absolute atomic E-state index is 9.56. The van der Waals surface area contributed by atoms with Crippen molar-refractivity contribution >= 4 is 5.69 Å². The minimum Gasteiger partial charge on any atom is -0.481 e. The molecule has 5 heteroatoms. The van der Waals surface area contributed by atoms with Crippen LogP contribution in [0, 0.1) is 0 Å². The Morgan fingerprint density at radius 1 is 1.53 bits per heavy atom. The first kappa shape index (κ1) is 12.1. The average Bonchev–Trinajstić information content (AvgIpc) is 2.40. The van der Waals surface area contributed by atoms with Gasteiger partial charge in [-0.05, 0) is 18.9 Å². The SMILES string of the molecule is COc1cc(NC2(CO)CCOCC2)ccn1. The molecule has 17 heavy (non-hydrogen) atoms. The van der Waals surface area contributed by atoms with Gasteiger partial charge in [0.25, 0.3) is 0 Å². The van der Waals surface area contributed by atoms with Crippen LogP contribution in [-0.4, -0.2) is 42.6 Å². The predicted molar refractivity (Wildman–Crippen MR) is 64.3 cm³/mol. The zero-order chi connectivity index (χ0) is 12.1. The molecule has 1 aliphatic heterocycles. The Kier molecular flexibility index (Phi) is 3.81. The van der Waals surface area contributed by atoms with E-state index in [9.17, 15) is 5.11 Å². The highest BCUT2D eigenvalue weighted by atomic mass is 16.5. The minimum atomic E-state index is -0.287. The molecule has 0 bridgehead atoms. The Morgan fingerprint density at radius 2 is 2.29 bits per heavy atom. The molecule has 0 spiro atoms. The van der Waals surface area contributed by atoms with Crippen molar-refractivity contribution < 1.29 is 14.6 Å². The standard InChI is InChI=1S/C12H18N2O3/c1-16-11-8-10(2-5-13-11)14-12(9-15)3-6-17-7-4-12/h2,5,8,15H,3-4,6-7,9H2,1H3,(H,13,14). The van der Waals surface area contributed by atoms with Gasteiger partial charge in [-0.25, -0.2) is 4.98 Å². The number of methoxy groups -OCH3 is 1. The maximum Gasteiger partial charge on any atom is 0.214 e. The molecule has 0 radical (unpaired) electrons. The van der Waals surface area contributed by atoms with Gasteiger partial charge in [0.1, 0.15) is 0 Å². The van der Waals surface area contributed by atoms with Crippen LogP contribution in [0.1, 0.15) is 12.8 Å². The van der Waals surface area contributed by atoms with E-state index in [1.807, 2.05) is 12.1 Å². The normalized spacial score (nSPS) is 18.7. The first-order valence-corrected chi connectivity index (χ1v) is 5.75. The van der Waals surface area contributed by atoms with Crippen molar-refractivity contribution in [3.8, 4) is 5.88 Å². The Bertz CT molecular complexity index is 365. The largest absolute Gasteiger partial charge is 0.481 e. The summed E-state index contributed by atoms with van der Waals surface area (Å²) in [5.41, 5.74) is 0.623. The molecule has 1 fully saturated rings. The van der Waals surface area contributed by atoms with E-state index >= 15 is 0 Å². The molecule has 1 aromatic heterocycles. The highest BCUT2D eigenvalue weighted by Crippen LogP contribution is 2.26. The monoisotopic (exact) mass is 238 g/mol. The second kappa shape index (κ2) is 5.33. The van der Waals surface area contributed by atoms with Crippen molar-refractivity contribution in [1.82, 2.24) is 4.98 Å². The summed E-state index contributed by atoms with van der Waals surface area (Å²) in [5, 5.41) is 12.9. The van der Waals surface area contributed by atoms with Crippen LogP contribution in [-0.2, 0) is 4.74 Å². The number of hydrogen-bond donors (Lipinski definition) is 2. The molecule has 0 saturated carbocycles. The molecule has 5 nitrogen and oxygen atoms in total. The number of pyridine rings is 1. The topological polar surface area (TPSA) is 63.6 Å². The van der Waals surface area contributed by atoms with Gasteiger partial charge in [0.05, 0.1) is 19.3 Å². The number of hydrogen-bond acceptors (Lipinski definition) is 5. The van der Waals surface area contributed by atoms with Gasteiger partial charge >= 0.3 is 0 Å². The molecule has 1 aliphatic rings. The van der Waals surface area contributed by atoms with Crippen LogP contribution < -0.4 is 10.1 Å². The number of aromatic nitrogens is 1. The molecular formula is C12H18N2O3. The lowest BCUT2D eigenvalue weighted by Crippen LogP contribution is -2.46. The molecule has 0 amide bonds. The molecule has 2 heterocycles. The van der Waals surface area contributed by atoms with Gasteiger partial charge < -0.3 is 19.9 Å². The fourth-order valence-corrected chi connectivity index (χ4v) is 1.99. The van der Waals surface area contributed by atoms with Gasteiger partial charge in [0.15, 0.2) is 0 Å². The number of nitrogens with one attached hydrogen (secondary N) is 1. The van der Waals surface area contributed by atoms with E-state index in [-0.39, 0.29) is 12.1 Å². The van der Waals surface area contributed by atoms with Gasteiger partial charge in [-0.1, -0.05) is 0 Å². The van der Waals surface area contributed by atoms with Crippen molar-refractivity contribution in [2.75, 3.05) is 32.2 Å². The van der Waals surface area contributed by atoms with Gasteiger partial charge in [-0.2, -0.15) is 0 Å². The van der Waals surface area contributed by atoms with Gasteiger partial charge in [0, 0.05) is 31.2 Å². The first-order chi connectivity index (χ1) is 8.28. The van der Waals surface area contributed by atoms with E-state index in [4.69, 9.17) is 9.47 Å². The summed E-state index contributed by atoms with van der Waals surface area (Å²) in [5.74, 6) is 0.565. The zero-order valence-corrected chi connectivity index (χ0v) is 9.98. The van der Waals surface area contributed by atoms with E-state index in [1.165, 1.54) is 0 Å². The Balaban J connectivity index is 2.11. The van der Waals surface area contributed by atoms with Gasteiger partial charge in [-0.15, -0.1) is 0 Å². The highest BCUT2D eigenvalue weighted by molar-refractivity contribution is 5.47. The zero-order valence-electron chi connectivity index (χ0n) is 9.98. The summed E-state index contributed by atoms with van der Waals surface area (Å²) in [4.78, 5) is 4.05. The number of aliphatic hydroxyl groups is 1. The number of nitrogens with zero attached hydrogens (tertiary/aromatic N) is 1. The first-order valence-electron chi connectivity index (χ1n) is 5.75. The second-order valence-corrected chi connectivity index (χ2v) is 4.26. The van der Waals surface area contributed by atoms with Crippen molar-refractivity contribution in [2.24, 2.45) is 0 Å². The van der Waals surface area contributed by atoms with E-state index in [0.717, 1.165) is 18.5 Å². The van der Waals surface area contributed by atoms with Crippen molar-refractivity contribution in [2.45, 2.75) is 18.4 Å². The summed E-state index contributed by atoms with van der Waals surface area (Å²) < 4.78 is 10.4. The van der Waals surface area contributed by atoms with Crippen LogP contribution in [0.2, 0.25) is 0 Å². The van der Waals surface area contributed by atoms with E-state index in [2.05, 4.69) is 10.3 Å². The molecule has 0 unspecified atom stereocenters. The number of rotatable bonds is 4. The fourth-order valence-electron chi connectivity index (χ4n) is 1.99. The maximum atomic E-state index is 9.56. The quantitative estimate of drug-likeness (QED) is 0.820. The molecule has 0 atom stereocenters. The predicted octanol–water partition coefficient (Wildman–Crippen LogP) is 1.04. The third kappa shape index (κ3) is 2.87. The number of ether oxygens (including phenoxy) is 2. The Labute approximate surface area is 101 Å². The molecule has 0 aliphatic carbocycles. The van der Waals surface area contributed by atoms with Crippen molar-refractivity contribution in [3.63, 3.8) is 0 Å². The van der Waals surface area contributed by atoms with Gasteiger partial charge in [-0.3, -0.25) is 0 Å². The molecule has 94 valence electrons. The number of aliphatic hydroxyl groups excluding tert-OH is 1. The summed E-state index contributed by atoms with van der Waals surface area (Å²) in [6.45, 7) is 1.45. The lowest BCUT2D eigenvalue weighted by molar-refractivity contribution is 0.0380. The molecule has 2 rings (SSSR count). The number of anilines is 1. The third-order valence-electron chi connectivity index (χ3n) is 3.11. The van der Waals surface area contributed by atoms with Crippen LogP contribution in [0.15, 0.2) is 18.3 Å². The van der Waals surface area contributed by atoms with E-state index in [1.54, 1.807) is 13.3 Å². The second-order valence-electron chi connectivity index (χ2n) is 4.26. The Hall–Kier alpha value is -1.33. The lowest BCUT2D eigenvalue weighted by Gasteiger charge is -2.37. The molecule has 2 N–H and O–H groups in total. The summed E-state index contributed by atoms with van der Waals surface area (Å²) >= 11 is 0. The summed E-state index contributed by atoms with van der Waals surface area (Å²) in [6, 6.07) is 3.70. The van der Waals surface area contributed by atoms with Crippen LogP contribution in [0.3, 0.4) is 0 Å². The summed E-state index contributed by atoms with van der Waals surface area (Å²) in [6.07, 6.45) is 3.29. The Morgan fingerprint density at radius 3 is 2.94 bits per heavy atom. The van der Waals surface area contributed by atoms with Crippen molar-refractivity contribution in [3.05, 3.63) is 18.3 Å². The van der Waals surface area contributed by atoms with E-state index < -0.39 is 0 Å². The third-order valence-corrected chi connectivity index (χ3v) is 3.11. The van der Waals surface area contributed by atoms with E-state index in [0.29, 0.717) is 19.1 Å². The van der Waals surface area contributed by atoms with Gasteiger partial charge in [0.2, 0.25) is 5.88 Å². The molecule has 0 aromatic carbocycles. The van der Waals surface area contributed by atoms with Crippen molar-refractivity contribution in [1.29, 1.82) is 0 Å². The fraction of sp³-hybridized carbons (Fsp3) is 0.583. The average molecular weight is 238 g/mol. The van der Waals surface area contributed by atoms with Crippen LogP contribution >= 0.6 is 0 Å². The summed E-state index contributed by atoms with van der Waals surface area (Å²) in [7, 11) is 1.59. The molecule has 1 aromatic rings. The van der Waals surface area contributed by atoms with Crippen LogP contribution in [0.5, 0.6) is 5.88 Å². The van der Waals surface area contributed by atoms with Crippen LogP contribution in [0.4, 0.5) is 5.69 Å². The molecular weight excluding hydrogens is 220 g/mol. The smallest absolute Gasteiger partial charge is 0.214 e. The lowest BCUT2D eigenvalue weighted by atomic mass is 9.90. The highest BCUT2D eigenvalue weighted by Gasteiger charge is 2.31. The van der Waals surface area contributed by atoms with Crippen LogP contribution in [0.25, 0.3) is 0 Å². The molecule has 1 saturated heterocycles. The minimum absolute atomic E-state index is 0.0982.